The molecule has 0 amide bonds. The van der Waals surface area contributed by atoms with Crippen LogP contribution in [0.25, 0.3) is 0 Å². The zero-order chi connectivity index (χ0) is 13.8. The summed E-state index contributed by atoms with van der Waals surface area (Å²) in [5.74, 6) is -2.11. The Hall–Kier alpha value is -0.820. The van der Waals surface area contributed by atoms with Gasteiger partial charge >= 0.3 is 12.1 Å². The zero-order valence-electron chi connectivity index (χ0n) is 10.3. The van der Waals surface area contributed by atoms with Crippen molar-refractivity contribution >= 4 is 5.97 Å². The van der Waals surface area contributed by atoms with Crippen molar-refractivity contribution in [3.8, 4) is 0 Å². The predicted molar refractivity (Wildman–Crippen MR) is 60.3 cm³/mol. The molecule has 0 saturated carbocycles. The number of rotatable bonds is 6. The highest BCUT2D eigenvalue weighted by Crippen LogP contribution is 2.33. The Morgan fingerprint density at radius 1 is 1.44 bits per heavy atom. The third-order valence-electron chi connectivity index (χ3n) is 3.25. The van der Waals surface area contributed by atoms with Gasteiger partial charge in [0.05, 0.1) is 12.3 Å². The Labute approximate surface area is 104 Å². The summed E-state index contributed by atoms with van der Waals surface area (Å²) in [4.78, 5) is 12.2. The number of hydrogen-bond acceptors (Lipinski definition) is 3. The third kappa shape index (κ3) is 5.22. The van der Waals surface area contributed by atoms with E-state index in [0.29, 0.717) is 19.5 Å². The van der Waals surface area contributed by atoms with Crippen LogP contribution < -0.4 is 5.32 Å². The molecule has 1 heterocycles. The number of alkyl halides is 3. The second-order valence-corrected chi connectivity index (χ2v) is 4.82. The standard InChI is InChI=1S/C11H19F3N2O2/c1-16(5-3-10(17)18)4-2-9-6-8(7-15-9)11(12,13)14/h8-9,15H,2-7H2,1H3,(H,17,18). The first-order chi connectivity index (χ1) is 8.29. The Bertz CT molecular complexity index is 284. The second kappa shape index (κ2) is 6.38. The van der Waals surface area contributed by atoms with Crippen molar-refractivity contribution in [2.45, 2.75) is 31.5 Å². The molecule has 0 aromatic heterocycles. The second-order valence-electron chi connectivity index (χ2n) is 4.82. The van der Waals surface area contributed by atoms with E-state index >= 15 is 0 Å². The van der Waals surface area contributed by atoms with E-state index in [4.69, 9.17) is 5.11 Å². The topological polar surface area (TPSA) is 52.6 Å². The summed E-state index contributed by atoms with van der Waals surface area (Å²) in [5.41, 5.74) is 0. The molecule has 1 aliphatic heterocycles. The molecule has 1 rings (SSSR count). The molecule has 1 fully saturated rings. The summed E-state index contributed by atoms with van der Waals surface area (Å²) in [5, 5.41) is 11.4. The Kier molecular flexibility index (Phi) is 5.40. The molecule has 2 N–H and O–H groups in total. The molecule has 7 heteroatoms. The van der Waals surface area contributed by atoms with Crippen LogP contribution in [0.15, 0.2) is 0 Å². The van der Waals surface area contributed by atoms with Crippen molar-refractivity contribution in [3.05, 3.63) is 0 Å². The van der Waals surface area contributed by atoms with Crippen LogP contribution in [0.2, 0.25) is 0 Å². The molecule has 1 saturated heterocycles. The van der Waals surface area contributed by atoms with Gasteiger partial charge in [-0.05, 0) is 26.4 Å². The molecule has 0 aromatic carbocycles. The van der Waals surface area contributed by atoms with Gasteiger partial charge in [-0.3, -0.25) is 4.79 Å². The van der Waals surface area contributed by atoms with E-state index < -0.39 is 18.1 Å². The SMILES string of the molecule is CN(CCC(=O)O)CCC1CC(C(F)(F)F)CN1. The molecule has 2 atom stereocenters. The number of hydrogen-bond donors (Lipinski definition) is 2. The number of nitrogens with one attached hydrogen (secondary N) is 1. The largest absolute Gasteiger partial charge is 0.481 e. The molecule has 0 radical (unpaired) electrons. The minimum atomic E-state index is -4.11. The van der Waals surface area contributed by atoms with Crippen LogP contribution in [-0.4, -0.2) is 54.9 Å². The minimum Gasteiger partial charge on any atom is -0.481 e. The van der Waals surface area contributed by atoms with Crippen molar-refractivity contribution in [1.29, 1.82) is 0 Å². The maximum atomic E-state index is 12.4. The van der Waals surface area contributed by atoms with E-state index in [9.17, 15) is 18.0 Å². The molecule has 0 aliphatic carbocycles. The van der Waals surface area contributed by atoms with Crippen LogP contribution >= 0.6 is 0 Å². The van der Waals surface area contributed by atoms with E-state index in [1.165, 1.54) is 0 Å². The predicted octanol–water partition coefficient (Wildman–Crippen LogP) is 1.32. The smallest absolute Gasteiger partial charge is 0.393 e. The Morgan fingerprint density at radius 2 is 2.11 bits per heavy atom. The van der Waals surface area contributed by atoms with E-state index in [1.54, 1.807) is 7.05 Å². The summed E-state index contributed by atoms with van der Waals surface area (Å²) in [6, 6.07) is -0.121. The van der Waals surface area contributed by atoms with Gasteiger partial charge < -0.3 is 15.3 Å². The molecule has 18 heavy (non-hydrogen) atoms. The molecule has 0 spiro atoms. The van der Waals surface area contributed by atoms with Crippen LogP contribution in [0.1, 0.15) is 19.3 Å². The lowest BCUT2D eigenvalue weighted by molar-refractivity contribution is -0.169. The van der Waals surface area contributed by atoms with Crippen molar-refractivity contribution < 1.29 is 23.1 Å². The fourth-order valence-corrected chi connectivity index (χ4v) is 2.06. The van der Waals surface area contributed by atoms with Gasteiger partial charge in [0.1, 0.15) is 0 Å². The van der Waals surface area contributed by atoms with Gasteiger partial charge in [-0.25, -0.2) is 0 Å². The number of aliphatic carboxylic acids is 1. The van der Waals surface area contributed by atoms with Crippen LogP contribution in [0.3, 0.4) is 0 Å². The maximum Gasteiger partial charge on any atom is 0.393 e. The van der Waals surface area contributed by atoms with Crippen LogP contribution in [-0.2, 0) is 4.79 Å². The van der Waals surface area contributed by atoms with Crippen molar-refractivity contribution in [2.24, 2.45) is 5.92 Å². The highest BCUT2D eigenvalue weighted by molar-refractivity contribution is 5.66. The van der Waals surface area contributed by atoms with E-state index in [-0.39, 0.29) is 25.4 Å². The third-order valence-corrected chi connectivity index (χ3v) is 3.25. The van der Waals surface area contributed by atoms with Crippen molar-refractivity contribution in [2.75, 3.05) is 26.7 Å². The van der Waals surface area contributed by atoms with Gasteiger partial charge in [0, 0.05) is 19.1 Å². The maximum absolute atomic E-state index is 12.4. The highest BCUT2D eigenvalue weighted by Gasteiger charge is 2.43. The zero-order valence-corrected chi connectivity index (χ0v) is 10.3. The molecule has 0 bridgehead atoms. The first kappa shape index (κ1) is 15.2. The first-order valence-corrected chi connectivity index (χ1v) is 5.99. The normalized spacial score (nSPS) is 24.7. The molecule has 1 aliphatic rings. The fourth-order valence-electron chi connectivity index (χ4n) is 2.06. The number of carboxylic acids is 1. The lowest BCUT2D eigenvalue weighted by Gasteiger charge is -2.18. The lowest BCUT2D eigenvalue weighted by atomic mass is 10.0. The minimum absolute atomic E-state index is 0.00694. The van der Waals surface area contributed by atoms with Gasteiger partial charge in [-0.1, -0.05) is 0 Å². The number of nitrogens with zero attached hydrogens (tertiary/aromatic N) is 1. The Balaban J connectivity index is 2.19. The van der Waals surface area contributed by atoms with Gasteiger partial charge in [0.25, 0.3) is 0 Å². The molecule has 0 aromatic rings. The fraction of sp³-hybridized carbons (Fsp3) is 0.909. The number of carbonyl (C=O) groups is 1. The van der Waals surface area contributed by atoms with Gasteiger partial charge in [-0.15, -0.1) is 0 Å². The van der Waals surface area contributed by atoms with Gasteiger partial charge in [0.15, 0.2) is 0 Å². The van der Waals surface area contributed by atoms with Crippen molar-refractivity contribution in [3.63, 3.8) is 0 Å². The van der Waals surface area contributed by atoms with Crippen LogP contribution in [0, 0.1) is 5.92 Å². The quantitative estimate of drug-likeness (QED) is 0.763. The summed E-state index contributed by atoms with van der Waals surface area (Å²) in [7, 11) is 1.78. The summed E-state index contributed by atoms with van der Waals surface area (Å²) in [6.45, 7) is 1.02. The summed E-state index contributed by atoms with van der Waals surface area (Å²) in [6.07, 6.45) is -3.32. The molecular formula is C11H19F3N2O2. The summed E-state index contributed by atoms with van der Waals surface area (Å²) >= 11 is 0. The average Bonchev–Trinajstić information content (AvgIpc) is 2.71. The molecule has 106 valence electrons. The lowest BCUT2D eigenvalue weighted by Crippen LogP contribution is -2.29. The van der Waals surface area contributed by atoms with Crippen molar-refractivity contribution in [1.82, 2.24) is 10.2 Å². The number of halogens is 3. The highest BCUT2D eigenvalue weighted by atomic mass is 19.4. The molecule has 4 nitrogen and oxygen atoms in total. The Morgan fingerprint density at radius 3 is 2.61 bits per heavy atom. The average molecular weight is 268 g/mol. The molecular weight excluding hydrogens is 249 g/mol. The van der Waals surface area contributed by atoms with E-state index in [1.807, 2.05) is 4.90 Å². The van der Waals surface area contributed by atoms with Gasteiger partial charge in [-0.2, -0.15) is 13.2 Å². The van der Waals surface area contributed by atoms with Crippen LogP contribution in [0.5, 0.6) is 0 Å². The van der Waals surface area contributed by atoms with E-state index in [2.05, 4.69) is 5.32 Å². The first-order valence-electron chi connectivity index (χ1n) is 5.99. The van der Waals surface area contributed by atoms with Crippen LogP contribution in [0.4, 0.5) is 13.2 Å². The monoisotopic (exact) mass is 268 g/mol. The van der Waals surface area contributed by atoms with E-state index in [0.717, 1.165) is 0 Å². The number of carboxylic acid groups (broad SMARTS) is 1. The molecule has 2 unspecified atom stereocenters. The summed E-state index contributed by atoms with van der Waals surface area (Å²) < 4.78 is 37.3. The van der Waals surface area contributed by atoms with Gasteiger partial charge in [0.2, 0.25) is 0 Å².